The van der Waals surface area contributed by atoms with Gasteiger partial charge in [0.1, 0.15) is 24.4 Å². The van der Waals surface area contributed by atoms with Gasteiger partial charge in [-0.2, -0.15) is 4.31 Å². The van der Waals surface area contributed by atoms with Crippen molar-refractivity contribution in [3.05, 3.63) is 0 Å². The molecule has 0 aliphatic heterocycles. The Balaban J connectivity index is 4.48. The van der Waals surface area contributed by atoms with Crippen LogP contribution in [-0.2, 0) is 22.8 Å². The maximum Gasteiger partial charge on any atom is 0.481 e. The molecule has 0 heterocycles. The maximum absolute atomic E-state index is 11.0. The van der Waals surface area contributed by atoms with E-state index < -0.39 is 46.7 Å². The Morgan fingerprint density at radius 3 is 1.90 bits per heavy atom. The molecule has 120 valence electrons. The van der Waals surface area contributed by atoms with Crippen LogP contribution in [0.3, 0.4) is 0 Å². The first kappa shape index (κ1) is 19.8. The van der Waals surface area contributed by atoms with Crippen LogP contribution < -0.4 is 0 Å². The lowest BCUT2D eigenvalue weighted by Crippen LogP contribution is -2.46. The number of rotatable bonds is 9. The van der Waals surface area contributed by atoms with Gasteiger partial charge in [0, 0.05) is 0 Å². The van der Waals surface area contributed by atoms with Crippen LogP contribution in [0.4, 0.5) is 0 Å². The fourth-order valence-corrected chi connectivity index (χ4v) is 2.54. The molecular formula is C6H14O12P2. The van der Waals surface area contributed by atoms with Crippen molar-refractivity contribution >= 4 is 21.9 Å². The van der Waals surface area contributed by atoms with Crippen molar-refractivity contribution in [1.82, 2.24) is 0 Å². The number of aldehydes is 1. The second-order valence-corrected chi connectivity index (χ2v) is 6.34. The fraction of sp³-hybridized carbons (Fsp3) is 0.833. The normalized spacial score (nSPS) is 21.6. The molecule has 5 atom stereocenters. The number of phosphoric acid groups is 2. The second-order valence-electron chi connectivity index (χ2n) is 3.51. The number of carbonyl (C=O) groups is 1. The highest BCUT2D eigenvalue weighted by Crippen LogP contribution is 2.57. The zero-order valence-electron chi connectivity index (χ0n) is 9.66. The van der Waals surface area contributed by atoms with Crippen molar-refractivity contribution in [3.63, 3.8) is 0 Å². The molecule has 0 saturated heterocycles. The molecule has 12 nitrogen and oxygen atoms in total. The van der Waals surface area contributed by atoms with E-state index in [1.807, 2.05) is 0 Å². The van der Waals surface area contributed by atoms with E-state index in [4.69, 9.17) is 24.9 Å². The Bertz CT molecular complexity index is 405. The summed E-state index contributed by atoms with van der Waals surface area (Å²) in [6, 6.07) is 0. The molecule has 0 aromatic heterocycles. The molecule has 0 rings (SSSR count). The van der Waals surface area contributed by atoms with Crippen LogP contribution >= 0.6 is 15.6 Å². The van der Waals surface area contributed by atoms with Crippen LogP contribution in [0.5, 0.6) is 0 Å². The van der Waals surface area contributed by atoms with E-state index >= 15 is 0 Å². The summed E-state index contributed by atoms with van der Waals surface area (Å²) in [5.41, 5.74) is 0. The zero-order chi connectivity index (χ0) is 16.1. The van der Waals surface area contributed by atoms with E-state index in [-0.39, 0.29) is 6.29 Å². The average molecular weight is 340 g/mol. The number of phosphoric ester groups is 1. The van der Waals surface area contributed by atoms with Crippen molar-refractivity contribution in [2.24, 2.45) is 0 Å². The summed E-state index contributed by atoms with van der Waals surface area (Å²) >= 11 is 0. The van der Waals surface area contributed by atoms with E-state index in [0.29, 0.717) is 0 Å². The van der Waals surface area contributed by atoms with Gasteiger partial charge >= 0.3 is 15.6 Å². The van der Waals surface area contributed by atoms with E-state index in [9.17, 15) is 24.1 Å². The Hall–Kier alpha value is -0.230. The van der Waals surface area contributed by atoms with Gasteiger partial charge in [-0.15, -0.1) is 0 Å². The third-order valence-corrected chi connectivity index (χ3v) is 4.00. The van der Waals surface area contributed by atoms with Crippen molar-refractivity contribution in [2.75, 3.05) is 6.61 Å². The summed E-state index contributed by atoms with van der Waals surface area (Å²) < 4.78 is 28.6. The van der Waals surface area contributed by atoms with Gasteiger partial charge in [-0.1, -0.05) is 0 Å². The molecule has 0 aromatic carbocycles. The SMILES string of the molecule is O=C[C@H](O)[C@@H](O)[C@H](O)[C@H](O)COP(=O)(O)OP(=O)(O)O. The van der Waals surface area contributed by atoms with Gasteiger partial charge < -0.3 is 39.9 Å². The minimum atomic E-state index is -5.33. The fourth-order valence-electron chi connectivity index (χ4n) is 0.937. The lowest BCUT2D eigenvalue weighted by Gasteiger charge is -2.24. The van der Waals surface area contributed by atoms with Gasteiger partial charge in [-0.3, -0.25) is 4.52 Å². The first-order valence-electron chi connectivity index (χ1n) is 4.81. The summed E-state index contributed by atoms with van der Waals surface area (Å²) in [5.74, 6) is 0. The van der Waals surface area contributed by atoms with E-state index in [2.05, 4.69) is 8.83 Å². The maximum atomic E-state index is 11.0. The van der Waals surface area contributed by atoms with Crippen LogP contribution in [0.1, 0.15) is 0 Å². The highest BCUT2D eigenvalue weighted by Gasteiger charge is 2.36. The summed E-state index contributed by atoms with van der Waals surface area (Å²) in [4.78, 5) is 35.5. The number of aliphatic hydroxyl groups is 4. The summed E-state index contributed by atoms with van der Waals surface area (Å²) in [7, 11) is -10.5. The molecule has 7 N–H and O–H groups in total. The van der Waals surface area contributed by atoms with Crippen LogP contribution in [0.15, 0.2) is 0 Å². The molecule has 0 amide bonds. The van der Waals surface area contributed by atoms with E-state index in [1.54, 1.807) is 0 Å². The van der Waals surface area contributed by atoms with Gasteiger partial charge in [-0.25, -0.2) is 9.13 Å². The molecule has 0 aromatic rings. The molecule has 0 saturated carbocycles. The minimum Gasteiger partial charge on any atom is -0.388 e. The van der Waals surface area contributed by atoms with E-state index in [0.717, 1.165) is 0 Å². The molecule has 0 spiro atoms. The van der Waals surface area contributed by atoms with Crippen molar-refractivity contribution in [1.29, 1.82) is 0 Å². The van der Waals surface area contributed by atoms with Crippen LogP contribution in [0.25, 0.3) is 0 Å². The van der Waals surface area contributed by atoms with Crippen LogP contribution in [0.2, 0.25) is 0 Å². The largest absolute Gasteiger partial charge is 0.481 e. The second kappa shape index (κ2) is 7.69. The van der Waals surface area contributed by atoms with Crippen molar-refractivity contribution in [3.8, 4) is 0 Å². The molecule has 0 bridgehead atoms. The minimum absolute atomic E-state index is 0.130. The Kier molecular flexibility index (Phi) is 7.60. The molecule has 1 unspecified atom stereocenters. The molecule has 0 fully saturated rings. The van der Waals surface area contributed by atoms with Crippen LogP contribution in [-0.4, -0.2) is 72.4 Å². The lowest BCUT2D eigenvalue weighted by atomic mass is 10.0. The van der Waals surface area contributed by atoms with Gasteiger partial charge in [0.25, 0.3) is 0 Å². The molecule has 0 aliphatic rings. The predicted molar refractivity (Wildman–Crippen MR) is 59.0 cm³/mol. The van der Waals surface area contributed by atoms with Gasteiger partial charge in [0.15, 0.2) is 6.29 Å². The van der Waals surface area contributed by atoms with E-state index in [1.165, 1.54) is 0 Å². The average Bonchev–Trinajstić information content (AvgIpc) is 2.30. The number of hydrogen-bond donors (Lipinski definition) is 7. The molecule has 14 heteroatoms. The molecule has 0 radical (unpaired) electrons. The monoisotopic (exact) mass is 340 g/mol. The quantitative estimate of drug-likeness (QED) is 0.164. The summed E-state index contributed by atoms with van der Waals surface area (Å²) in [6.07, 6.45) is -8.44. The summed E-state index contributed by atoms with van der Waals surface area (Å²) in [6.45, 7) is -1.18. The first-order chi connectivity index (χ1) is 8.89. The Morgan fingerprint density at radius 1 is 1.00 bits per heavy atom. The molecular weight excluding hydrogens is 326 g/mol. The number of carbonyl (C=O) groups excluding carboxylic acids is 1. The van der Waals surface area contributed by atoms with Gasteiger partial charge in [-0.05, 0) is 0 Å². The molecule has 0 aliphatic carbocycles. The Morgan fingerprint density at radius 2 is 1.50 bits per heavy atom. The Labute approximate surface area is 112 Å². The third kappa shape index (κ3) is 7.53. The third-order valence-electron chi connectivity index (χ3n) is 1.85. The number of hydrogen-bond acceptors (Lipinski definition) is 9. The highest BCUT2D eigenvalue weighted by molar-refractivity contribution is 7.60. The predicted octanol–water partition coefficient (Wildman–Crippen LogP) is -3.14. The zero-order valence-corrected chi connectivity index (χ0v) is 11.4. The van der Waals surface area contributed by atoms with Gasteiger partial charge in [0.05, 0.1) is 6.61 Å². The smallest absolute Gasteiger partial charge is 0.388 e. The van der Waals surface area contributed by atoms with Gasteiger partial charge in [0.2, 0.25) is 0 Å². The lowest BCUT2D eigenvalue weighted by molar-refractivity contribution is -0.136. The topological polar surface area (TPSA) is 211 Å². The number of aliphatic hydroxyl groups excluding tert-OH is 4. The van der Waals surface area contributed by atoms with Crippen molar-refractivity contribution in [2.45, 2.75) is 24.4 Å². The standard InChI is InChI=1S/C6H14O12P2/c7-1-3(8)5(10)6(11)4(9)2-17-20(15,16)18-19(12,13)14/h1,3-6,8-11H,2H2,(H,15,16)(H2,12,13,14)/t3-,4+,5+,6+/m0/s1. The van der Waals surface area contributed by atoms with Crippen LogP contribution in [0, 0.1) is 0 Å². The first-order valence-corrected chi connectivity index (χ1v) is 7.84. The highest BCUT2D eigenvalue weighted by atomic mass is 31.3. The molecule has 20 heavy (non-hydrogen) atoms. The summed E-state index contributed by atoms with van der Waals surface area (Å²) in [5, 5.41) is 36.5. The van der Waals surface area contributed by atoms with Crippen molar-refractivity contribution < 1.29 is 57.9 Å².